The second kappa shape index (κ2) is 4.50. The maximum atomic E-state index is 5.70. The zero-order valence-corrected chi connectivity index (χ0v) is 9.81. The Hall–Kier alpha value is -0.970. The summed E-state index contributed by atoms with van der Waals surface area (Å²) < 4.78 is 9.63. The first-order chi connectivity index (χ1) is 6.50. The van der Waals surface area contributed by atoms with Crippen molar-refractivity contribution in [2.24, 2.45) is 0 Å². The van der Waals surface area contributed by atoms with Crippen LogP contribution in [0.5, 0.6) is 5.75 Å². The molecular formula is C9H17N3OS. The molecule has 1 rings (SSSR count). The van der Waals surface area contributed by atoms with E-state index >= 15 is 0 Å². The van der Waals surface area contributed by atoms with Crippen molar-refractivity contribution < 1.29 is 4.74 Å². The molecular weight excluding hydrogens is 198 g/mol. The zero-order chi connectivity index (χ0) is 10.7. The number of nitrogens with two attached hydrogens (primary N) is 1. The van der Waals surface area contributed by atoms with Crippen LogP contribution in [0.3, 0.4) is 0 Å². The molecule has 14 heavy (non-hydrogen) atoms. The lowest BCUT2D eigenvalue weighted by atomic mass is 10.4. The van der Waals surface area contributed by atoms with Crippen molar-refractivity contribution in [3.63, 3.8) is 0 Å². The third-order valence-electron chi connectivity index (χ3n) is 1.45. The van der Waals surface area contributed by atoms with Gasteiger partial charge in [-0.05, 0) is 39.2 Å². The van der Waals surface area contributed by atoms with E-state index in [4.69, 9.17) is 10.5 Å². The average Bonchev–Trinajstić information content (AvgIpc) is 2.34. The minimum atomic E-state index is 0.112. The van der Waals surface area contributed by atoms with E-state index in [1.54, 1.807) is 0 Å². The molecule has 0 spiro atoms. The van der Waals surface area contributed by atoms with E-state index in [1.807, 2.05) is 13.8 Å². The fourth-order valence-corrected chi connectivity index (χ4v) is 1.79. The molecule has 0 fully saturated rings. The summed E-state index contributed by atoms with van der Waals surface area (Å²) >= 11 is 1.34. The molecule has 0 amide bonds. The topological polar surface area (TPSA) is 60.2 Å². The molecule has 0 saturated carbocycles. The van der Waals surface area contributed by atoms with Crippen molar-refractivity contribution >= 4 is 22.4 Å². The summed E-state index contributed by atoms with van der Waals surface area (Å²) in [6, 6.07) is 0.351. The summed E-state index contributed by atoms with van der Waals surface area (Å²) in [6.45, 7) is 8.07. The Balaban J connectivity index is 2.82. The smallest absolute Gasteiger partial charge is 0.197 e. The molecule has 0 saturated heterocycles. The summed E-state index contributed by atoms with van der Waals surface area (Å²) in [4.78, 5) is 0. The number of hydrogen-bond acceptors (Lipinski definition) is 5. The molecule has 0 unspecified atom stereocenters. The summed E-state index contributed by atoms with van der Waals surface area (Å²) in [5.41, 5.74) is 5.70. The Labute approximate surface area is 88.6 Å². The molecule has 0 aliphatic heterocycles. The number of rotatable bonds is 4. The largest absolute Gasteiger partial charge is 0.484 e. The van der Waals surface area contributed by atoms with Crippen LogP contribution < -0.4 is 15.8 Å². The van der Waals surface area contributed by atoms with Gasteiger partial charge in [-0.1, -0.05) is 0 Å². The van der Waals surface area contributed by atoms with E-state index in [1.165, 1.54) is 11.5 Å². The van der Waals surface area contributed by atoms with Crippen LogP contribution >= 0.6 is 11.5 Å². The van der Waals surface area contributed by atoms with Crippen LogP contribution in [0.4, 0.5) is 10.8 Å². The first-order valence-electron chi connectivity index (χ1n) is 4.69. The molecule has 0 aromatic carbocycles. The first kappa shape index (κ1) is 11.1. The minimum Gasteiger partial charge on any atom is -0.484 e. The molecule has 3 N–H and O–H groups in total. The molecule has 80 valence electrons. The summed E-state index contributed by atoms with van der Waals surface area (Å²) in [6.07, 6.45) is 0.112. The van der Waals surface area contributed by atoms with Crippen molar-refractivity contribution in [1.29, 1.82) is 0 Å². The van der Waals surface area contributed by atoms with Gasteiger partial charge in [-0.2, -0.15) is 4.37 Å². The van der Waals surface area contributed by atoms with Gasteiger partial charge >= 0.3 is 0 Å². The van der Waals surface area contributed by atoms with Crippen molar-refractivity contribution in [3.05, 3.63) is 0 Å². The first-order valence-corrected chi connectivity index (χ1v) is 5.46. The number of ether oxygens (including phenoxy) is 1. The second-order valence-electron chi connectivity index (χ2n) is 3.69. The monoisotopic (exact) mass is 215 g/mol. The number of nitrogens with one attached hydrogen (secondary N) is 1. The van der Waals surface area contributed by atoms with Crippen molar-refractivity contribution in [2.45, 2.75) is 39.8 Å². The molecule has 1 heterocycles. The fourth-order valence-electron chi connectivity index (χ4n) is 0.998. The van der Waals surface area contributed by atoms with Gasteiger partial charge in [0.1, 0.15) is 0 Å². The third-order valence-corrected chi connectivity index (χ3v) is 2.22. The van der Waals surface area contributed by atoms with Crippen LogP contribution in [0.2, 0.25) is 0 Å². The Bertz CT molecular complexity index is 296. The van der Waals surface area contributed by atoms with E-state index in [0.717, 1.165) is 5.00 Å². The van der Waals surface area contributed by atoms with Crippen LogP contribution in [0.15, 0.2) is 0 Å². The minimum absolute atomic E-state index is 0.112. The van der Waals surface area contributed by atoms with Crippen molar-refractivity contribution in [1.82, 2.24) is 4.37 Å². The van der Waals surface area contributed by atoms with Gasteiger partial charge in [0.2, 0.25) is 0 Å². The highest BCUT2D eigenvalue weighted by atomic mass is 32.1. The van der Waals surface area contributed by atoms with Crippen LogP contribution in [0, 0.1) is 0 Å². The molecule has 1 aromatic heterocycles. The Morgan fingerprint density at radius 1 is 1.36 bits per heavy atom. The van der Waals surface area contributed by atoms with Gasteiger partial charge in [0.25, 0.3) is 0 Å². The van der Waals surface area contributed by atoms with Gasteiger partial charge in [-0.3, -0.25) is 0 Å². The van der Waals surface area contributed by atoms with Gasteiger partial charge in [-0.15, -0.1) is 0 Å². The van der Waals surface area contributed by atoms with Crippen molar-refractivity contribution in [2.75, 3.05) is 11.1 Å². The number of aromatic nitrogens is 1. The third kappa shape index (κ3) is 2.77. The Morgan fingerprint density at radius 2 is 2.00 bits per heavy atom. The summed E-state index contributed by atoms with van der Waals surface area (Å²) in [5, 5.41) is 4.16. The normalized spacial score (nSPS) is 11.0. The average molecular weight is 215 g/mol. The fraction of sp³-hybridized carbons (Fsp3) is 0.667. The molecule has 4 nitrogen and oxygen atoms in total. The molecule has 0 bridgehead atoms. The predicted molar refractivity (Wildman–Crippen MR) is 61.0 cm³/mol. The van der Waals surface area contributed by atoms with Gasteiger partial charge in [-0.25, -0.2) is 0 Å². The molecule has 1 aromatic rings. The summed E-state index contributed by atoms with van der Waals surface area (Å²) in [5.74, 6) is 1.14. The number of nitrogen functional groups attached to an aromatic ring is 1. The van der Waals surface area contributed by atoms with E-state index in [-0.39, 0.29) is 6.10 Å². The predicted octanol–water partition coefficient (Wildman–Crippen LogP) is 2.33. The van der Waals surface area contributed by atoms with E-state index in [0.29, 0.717) is 17.6 Å². The van der Waals surface area contributed by atoms with Gasteiger partial charge in [0.15, 0.2) is 16.6 Å². The number of anilines is 2. The quantitative estimate of drug-likeness (QED) is 0.809. The standard InChI is InChI=1S/C9H17N3OS/c1-5(2)11-9-7(13-6(3)4)8(10)12-14-9/h5-6,11H,1-4H3,(H2,10,12). The van der Waals surface area contributed by atoms with Crippen LogP contribution in [-0.4, -0.2) is 16.5 Å². The lowest BCUT2D eigenvalue weighted by Gasteiger charge is -2.13. The Kier molecular flexibility index (Phi) is 3.57. The van der Waals surface area contributed by atoms with E-state index in [9.17, 15) is 0 Å². The second-order valence-corrected chi connectivity index (χ2v) is 4.47. The van der Waals surface area contributed by atoms with Crippen LogP contribution in [-0.2, 0) is 0 Å². The van der Waals surface area contributed by atoms with Crippen LogP contribution in [0.1, 0.15) is 27.7 Å². The van der Waals surface area contributed by atoms with Crippen molar-refractivity contribution in [3.8, 4) is 5.75 Å². The van der Waals surface area contributed by atoms with Gasteiger partial charge in [0, 0.05) is 6.04 Å². The Morgan fingerprint density at radius 3 is 2.50 bits per heavy atom. The van der Waals surface area contributed by atoms with E-state index < -0.39 is 0 Å². The summed E-state index contributed by atoms with van der Waals surface area (Å²) in [7, 11) is 0. The highest BCUT2D eigenvalue weighted by Gasteiger charge is 2.14. The maximum Gasteiger partial charge on any atom is 0.197 e. The van der Waals surface area contributed by atoms with Crippen LogP contribution in [0.25, 0.3) is 0 Å². The number of hydrogen-bond donors (Lipinski definition) is 2. The molecule has 0 aliphatic carbocycles. The van der Waals surface area contributed by atoms with Gasteiger partial charge in [0.05, 0.1) is 6.10 Å². The molecule has 0 atom stereocenters. The lowest BCUT2D eigenvalue weighted by molar-refractivity contribution is 0.245. The molecule has 0 aliphatic rings. The highest BCUT2D eigenvalue weighted by molar-refractivity contribution is 7.11. The highest BCUT2D eigenvalue weighted by Crippen LogP contribution is 2.36. The number of nitrogens with zero attached hydrogens (tertiary/aromatic N) is 1. The van der Waals surface area contributed by atoms with Gasteiger partial charge < -0.3 is 15.8 Å². The molecule has 5 heteroatoms. The molecule has 0 radical (unpaired) electrons. The van der Waals surface area contributed by atoms with E-state index in [2.05, 4.69) is 23.5 Å². The SMILES string of the molecule is CC(C)Nc1snc(N)c1OC(C)C. The lowest BCUT2D eigenvalue weighted by Crippen LogP contribution is -2.12. The maximum absolute atomic E-state index is 5.70. The zero-order valence-electron chi connectivity index (χ0n) is 9.00.